The highest BCUT2D eigenvalue weighted by molar-refractivity contribution is 5.89. The molecule has 3 aliphatic carbocycles. The number of imide groups is 1. The van der Waals surface area contributed by atoms with Crippen LogP contribution in [-0.2, 0) is 23.8 Å². The minimum Gasteiger partial charge on any atom is -0.445 e. The van der Waals surface area contributed by atoms with Crippen LogP contribution in [0.3, 0.4) is 0 Å². The van der Waals surface area contributed by atoms with Crippen molar-refractivity contribution >= 4 is 23.9 Å². The molecule has 10 heteroatoms. The quantitative estimate of drug-likeness (QED) is 0.342. The Bertz CT molecular complexity index is 924. The number of Topliss-reactive ketones (excluding diaryl/α,β-unsaturated/α-hetero) is 1. The molecule has 37 heavy (non-hydrogen) atoms. The maximum Gasteiger partial charge on any atom is 0.417 e. The molecule has 2 bridgehead atoms. The number of carbonyl (C=O) groups is 4. The lowest BCUT2D eigenvalue weighted by Gasteiger charge is -2.61. The van der Waals surface area contributed by atoms with Crippen LogP contribution in [0, 0.1) is 34.0 Å². The van der Waals surface area contributed by atoms with E-state index in [0.29, 0.717) is 19.4 Å². The monoisotopic (exact) mass is 522 g/mol. The maximum atomic E-state index is 13.4. The fourth-order valence-electron chi connectivity index (χ4n) is 7.25. The van der Waals surface area contributed by atoms with Gasteiger partial charge in [-0.2, -0.15) is 0 Å². The van der Waals surface area contributed by atoms with Crippen LogP contribution in [-0.4, -0.2) is 68.1 Å². The summed E-state index contributed by atoms with van der Waals surface area (Å²) in [7, 11) is 1.49. The molecule has 0 aromatic rings. The second-order valence-electron chi connectivity index (χ2n) is 11.5. The third-order valence-electron chi connectivity index (χ3n) is 9.72. The summed E-state index contributed by atoms with van der Waals surface area (Å²) in [5.41, 5.74) is -1.88. The molecule has 0 radical (unpaired) electrons. The van der Waals surface area contributed by atoms with Gasteiger partial charge in [0.25, 0.3) is 5.91 Å². The molecule has 208 valence electrons. The summed E-state index contributed by atoms with van der Waals surface area (Å²) < 4.78 is 15.6. The van der Waals surface area contributed by atoms with Crippen molar-refractivity contribution in [2.24, 2.45) is 34.0 Å². The van der Waals surface area contributed by atoms with E-state index >= 15 is 0 Å². The lowest BCUT2D eigenvalue weighted by Crippen LogP contribution is -2.63. The van der Waals surface area contributed by atoms with Crippen LogP contribution in [0.2, 0.25) is 0 Å². The topological polar surface area (TPSA) is 140 Å². The summed E-state index contributed by atoms with van der Waals surface area (Å²) in [6.07, 6.45) is 1.03. The molecule has 3 aliphatic rings. The highest BCUT2D eigenvalue weighted by Crippen LogP contribution is 2.67. The van der Waals surface area contributed by atoms with Crippen molar-refractivity contribution in [2.45, 2.75) is 72.0 Å². The summed E-state index contributed by atoms with van der Waals surface area (Å²) in [5.74, 6) is -0.847. The smallest absolute Gasteiger partial charge is 0.417 e. The van der Waals surface area contributed by atoms with Crippen molar-refractivity contribution in [2.75, 3.05) is 26.9 Å². The minimum absolute atomic E-state index is 0.0599. The van der Waals surface area contributed by atoms with Gasteiger partial charge >= 0.3 is 12.2 Å². The number of aliphatic hydroxyl groups is 1. The number of hydrogen-bond donors (Lipinski definition) is 3. The predicted octanol–water partition coefficient (Wildman–Crippen LogP) is 2.98. The van der Waals surface area contributed by atoms with E-state index in [-0.39, 0.29) is 36.5 Å². The van der Waals surface area contributed by atoms with Crippen LogP contribution in [0.5, 0.6) is 0 Å². The predicted molar refractivity (Wildman–Crippen MR) is 134 cm³/mol. The average Bonchev–Trinajstić information content (AvgIpc) is 3.21. The number of rotatable bonds is 7. The van der Waals surface area contributed by atoms with Gasteiger partial charge < -0.3 is 24.6 Å². The number of carbonyl (C=O) groups excluding carboxylic acids is 4. The molecule has 3 N–H and O–H groups in total. The van der Waals surface area contributed by atoms with Gasteiger partial charge in [-0.25, -0.2) is 14.9 Å². The Hall–Kier alpha value is -2.46. The van der Waals surface area contributed by atoms with Crippen LogP contribution in [0.4, 0.5) is 9.59 Å². The van der Waals surface area contributed by atoms with Crippen molar-refractivity contribution in [3.63, 3.8) is 0 Å². The molecule has 0 aromatic carbocycles. The zero-order valence-corrected chi connectivity index (χ0v) is 22.6. The number of ketones is 1. The molecule has 3 fully saturated rings. The van der Waals surface area contributed by atoms with Crippen LogP contribution >= 0.6 is 0 Å². The highest BCUT2D eigenvalue weighted by Gasteiger charge is 2.68. The van der Waals surface area contributed by atoms with E-state index in [1.54, 1.807) is 6.08 Å². The Morgan fingerprint density at radius 1 is 1.19 bits per heavy atom. The van der Waals surface area contributed by atoms with E-state index in [4.69, 9.17) is 14.2 Å². The van der Waals surface area contributed by atoms with Crippen molar-refractivity contribution in [1.82, 2.24) is 10.6 Å². The number of aliphatic hydroxyl groups excluding tert-OH is 1. The molecule has 8 atom stereocenters. The van der Waals surface area contributed by atoms with Crippen LogP contribution in [0.25, 0.3) is 0 Å². The van der Waals surface area contributed by atoms with E-state index in [0.717, 1.165) is 12.8 Å². The standard InChI is InChI=1S/C27H42N2O8/c1-7-25(4)14-19(37-24(34)29-23(33)36-15-20(31)28-12-13-35-6)26(5)16(2)8-10-27(17(3)22(25)32)11-9-18(30)21(26)27/h7,16-17,19,21-22,32H,1,8-15H2,2-6H3,(H,28,31)(H,29,33,34)/t16?,17-,19+,21-,22-,25+,26+,27-/m0/s1. The molecular weight excluding hydrogens is 480 g/mol. The minimum atomic E-state index is -1.12. The van der Waals surface area contributed by atoms with Gasteiger partial charge in [0, 0.05) is 36.8 Å². The van der Waals surface area contributed by atoms with Crippen LogP contribution < -0.4 is 10.6 Å². The fourth-order valence-corrected chi connectivity index (χ4v) is 7.25. The van der Waals surface area contributed by atoms with Crippen molar-refractivity contribution in [3.05, 3.63) is 12.7 Å². The van der Waals surface area contributed by atoms with Gasteiger partial charge in [-0.3, -0.25) is 9.59 Å². The third kappa shape index (κ3) is 5.27. The van der Waals surface area contributed by atoms with Gasteiger partial charge in [-0.05, 0) is 42.9 Å². The number of methoxy groups -OCH3 is 1. The molecule has 3 saturated carbocycles. The van der Waals surface area contributed by atoms with Gasteiger partial charge in [-0.1, -0.05) is 33.8 Å². The zero-order valence-electron chi connectivity index (χ0n) is 22.6. The van der Waals surface area contributed by atoms with Crippen molar-refractivity contribution in [3.8, 4) is 0 Å². The average molecular weight is 523 g/mol. The lowest BCUT2D eigenvalue weighted by molar-refractivity contribution is -0.191. The Morgan fingerprint density at radius 2 is 1.89 bits per heavy atom. The van der Waals surface area contributed by atoms with E-state index in [9.17, 15) is 24.3 Å². The first kappa shape index (κ1) is 29.1. The van der Waals surface area contributed by atoms with Crippen LogP contribution in [0.15, 0.2) is 12.7 Å². The fraction of sp³-hybridized carbons (Fsp3) is 0.778. The first-order chi connectivity index (χ1) is 17.4. The highest BCUT2D eigenvalue weighted by atomic mass is 16.6. The van der Waals surface area contributed by atoms with Crippen molar-refractivity contribution in [1.29, 1.82) is 0 Å². The molecular formula is C27H42N2O8. The lowest BCUT2D eigenvalue weighted by atomic mass is 9.44. The Morgan fingerprint density at radius 3 is 2.54 bits per heavy atom. The molecule has 0 spiro atoms. The number of hydrogen-bond acceptors (Lipinski definition) is 8. The summed E-state index contributed by atoms with van der Waals surface area (Å²) in [6.45, 7) is 12.0. The third-order valence-corrected chi connectivity index (χ3v) is 9.72. The van der Waals surface area contributed by atoms with E-state index in [1.165, 1.54) is 7.11 Å². The van der Waals surface area contributed by atoms with Gasteiger partial charge in [0.15, 0.2) is 6.61 Å². The molecule has 3 amide bonds. The molecule has 3 rings (SSSR count). The van der Waals surface area contributed by atoms with Gasteiger partial charge in [0.1, 0.15) is 11.9 Å². The molecule has 1 unspecified atom stereocenters. The van der Waals surface area contributed by atoms with Gasteiger partial charge in [-0.15, -0.1) is 6.58 Å². The maximum absolute atomic E-state index is 13.4. The number of ether oxygens (including phenoxy) is 3. The van der Waals surface area contributed by atoms with E-state index in [1.807, 2.05) is 26.1 Å². The van der Waals surface area contributed by atoms with Crippen molar-refractivity contribution < 1.29 is 38.5 Å². The molecule has 0 aliphatic heterocycles. The largest absolute Gasteiger partial charge is 0.445 e. The Labute approximate surface area is 218 Å². The summed E-state index contributed by atoms with van der Waals surface area (Å²) in [4.78, 5) is 50.2. The zero-order chi connectivity index (χ0) is 27.6. The van der Waals surface area contributed by atoms with Crippen LogP contribution in [0.1, 0.15) is 59.8 Å². The number of nitrogens with one attached hydrogen (secondary N) is 2. The van der Waals surface area contributed by atoms with E-state index in [2.05, 4.69) is 18.8 Å². The SMILES string of the molecule is C=C[C@]1(C)C[C@@H](OC(=O)NC(=O)OCC(=O)NCCOC)[C@@]2(C)C(C)CC[C@]3(CCC(=O)[C@H]32)[C@@H](C)[C@@H]1O. The first-order valence-corrected chi connectivity index (χ1v) is 13.1. The second-order valence-corrected chi connectivity index (χ2v) is 11.5. The Kier molecular flexibility index (Phi) is 8.74. The summed E-state index contributed by atoms with van der Waals surface area (Å²) in [6, 6.07) is 0. The molecule has 0 heterocycles. The van der Waals surface area contributed by atoms with E-state index < -0.39 is 53.2 Å². The normalized spacial score (nSPS) is 39.0. The number of amides is 3. The van der Waals surface area contributed by atoms with Gasteiger partial charge in [0.05, 0.1) is 12.7 Å². The summed E-state index contributed by atoms with van der Waals surface area (Å²) >= 11 is 0. The second kappa shape index (κ2) is 11.1. The van der Waals surface area contributed by atoms with Gasteiger partial charge in [0.2, 0.25) is 0 Å². The Balaban J connectivity index is 1.82. The molecule has 0 aromatic heterocycles. The molecule has 10 nitrogen and oxygen atoms in total. The molecule has 0 saturated heterocycles. The number of alkyl carbamates (subject to hydrolysis) is 2. The first-order valence-electron chi connectivity index (χ1n) is 13.1. The summed E-state index contributed by atoms with van der Waals surface area (Å²) in [5, 5.41) is 16.1.